The van der Waals surface area contributed by atoms with Gasteiger partial charge in [0.2, 0.25) is 0 Å². The summed E-state index contributed by atoms with van der Waals surface area (Å²) in [6.45, 7) is 2.26. The van der Waals surface area contributed by atoms with Gasteiger partial charge in [-0.1, -0.05) is 116 Å². The molecule has 0 unspecified atom stereocenters. The third-order valence-electron chi connectivity index (χ3n) is 7.12. The molecular formula is C31H45F5N2. The molecule has 0 N–H and O–H groups in total. The van der Waals surface area contributed by atoms with Crippen LogP contribution < -0.4 is 0 Å². The first-order valence-corrected chi connectivity index (χ1v) is 14.7. The summed E-state index contributed by atoms with van der Waals surface area (Å²) >= 11 is 0. The summed E-state index contributed by atoms with van der Waals surface area (Å²) in [5.41, 5.74) is -1.71. The lowest BCUT2D eigenvalue weighted by atomic mass is 10.0. The minimum absolute atomic E-state index is 0.159. The predicted molar refractivity (Wildman–Crippen MR) is 145 cm³/mol. The molecule has 1 heterocycles. The van der Waals surface area contributed by atoms with E-state index in [1.165, 1.54) is 103 Å². The van der Waals surface area contributed by atoms with E-state index in [2.05, 4.69) is 16.9 Å². The van der Waals surface area contributed by atoms with Crippen LogP contribution in [0.2, 0.25) is 0 Å². The van der Waals surface area contributed by atoms with Crippen LogP contribution >= 0.6 is 0 Å². The maximum absolute atomic E-state index is 14.4. The maximum atomic E-state index is 14.4. The molecule has 0 radical (unpaired) electrons. The number of hydrogen-bond donors (Lipinski definition) is 0. The van der Waals surface area contributed by atoms with Gasteiger partial charge in [-0.15, -0.1) is 0 Å². The van der Waals surface area contributed by atoms with Crippen molar-refractivity contribution in [2.45, 2.75) is 135 Å². The van der Waals surface area contributed by atoms with E-state index in [9.17, 15) is 22.0 Å². The second-order valence-electron chi connectivity index (χ2n) is 10.4. The normalized spacial score (nSPS) is 11.8. The molecule has 2 aromatic rings. The van der Waals surface area contributed by atoms with E-state index in [-0.39, 0.29) is 5.82 Å². The van der Waals surface area contributed by atoms with Crippen LogP contribution in [0.5, 0.6) is 0 Å². The zero-order valence-corrected chi connectivity index (χ0v) is 23.0. The quantitative estimate of drug-likeness (QED) is 0.123. The van der Waals surface area contributed by atoms with Gasteiger partial charge in [-0.2, -0.15) is 13.2 Å². The van der Waals surface area contributed by atoms with Crippen LogP contribution in [0.25, 0.3) is 11.4 Å². The number of nitrogens with zero attached hydrogens (tertiary/aromatic N) is 2. The Morgan fingerprint density at radius 2 is 1.11 bits per heavy atom. The van der Waals surface area contributed by atoms with Crippen molar-refractivity contribution >= 4 is 0 Å². The monoisotopic (exact) mass is 540 g/mol. The first-order valence-electron chi connectivity index (χ1n) is 14.7. The van der Waals surface area contributed by atoms with Gasteiger partial charge in [0.25, 0.3) is 0 Å². The molecule has 2 nitrogen and oxygen atoms in total. The van der Waals surface area contributed by atoms with Crippen LogP contribution in [0.1, 0.15) is 134 Å². The number of aromatic nitrogens is 2. The molecule has 0 aliphatic heterocycles. The molecule has 0 saturated carbocycles. The topological polar surface area (TPSA) is 25.8 Å². The highest BCUT2D eigenvalue weighted by Crippen LogP contribution is 2.36. The van der Waals surface area contributed by atoms with Gasteiger partial charge in [0.1, 0.15) is 17.2 Å². The van der Waals surface area contributed by atoms with Crippen LogP contribution in [0.3, 0.4) is 0 Å². The number of unbranched alkanes of at least 4 members (excludes halogenated alkanes) is 17. The van der Waals surface area contributed by atoms with E-state index in [1.807, 2.05) is 0 Å². The molecule has 2 rings (SSSR count). The van der Waals surface area contributed by atoms with Crippen LogP contribution in [0, 0.1) is 11.6 Å². The molecule has 38 heavy (non-hydrogen) atoms. The molecule has 0 saturated heterocycles. The Hall–Kier alpha value is -2.05. The summed E-state index contributed by atoms with van der Waals surface area (Å²) < 4.78 is 67.1. The number of halogens is 5. The highest BCUT2D eigenvalue weighted by atomic mass is 19.4. The molecule has 0 bridgehead atoms. The van der Waals surface area contributed by atoms with Crippen molar-refractivity contribution < 1.29 is 22.0 Å². The Labute approximate surface area is 225 Å². The van der Waals surface area contributed by atoms with Crippen molar-refractivity contribution in [3.8, 4) is 11.4 Å². The molecule has 7 heteroatoms. The number of benzene rings is 1. The molecule has 214 valence electrons. The van der Waals surface area contributed by atoms with Gasteiger partial charge in [-0.25, -0.2) is 18.7 Å². The van der Waals surface area contributed by atoms with Gasteiger partial charge in [-0.05, 0) is 31.0 Å². The van der Waals surface area contributed by atoms with Gasteiger partial charge in [0, 0.05) is 11.9 Å². The molecule has 0 aliphatic rings. The molecule has 0 aliphatic carbocycles. The fourth-order valence-electron chi connectivity index (χ4n) is 4.86. The van der Waals surface area contributed by atoms with Crippen LogP contribution in [-0.2, 0) is 12.6 Å². The fraction of sp³-hybridized carbons (Fsp3) is 0.677. The van der Waals surface area contributed by atoms with Gasteiger partial charge >= 0.3 is 6.18 Å². The first-order chi connectivity index (χ1) is 18.3. The third kappa shape index (κ3) is 12.2. The third-order valence-corrected chi connectivity index (χ3v) is 7.12. The van der Waals surface area contributed by atoms with Crippen LogP contribution in [-0.4, -0.2) is 9.97 Å². The average molecular weight is 541 g/mol. The van der Waals surface area contributed by atoms with E-state index in [4.69, 9.17) is 0 Å². The first kappa shape index (κ1) is 32.2. The number of alkyl halides is 3. The zero-order valence-electron chi connectivity index (χ0n) is 23.0. The predicted octanol–water partition coefficient (Wildman–Crippen LogP) is 11.0. The molecule has 0 atom stereocenters. The molecule has 1 aromatic heterocycles. The second-order valence-corrected chi connectivity index (χ2v) is 10.4. The summed E-state index contributed by atoms with van der Waals surface area (Å²) in [7, 11) is 0. The second kappa shape index (κ2) is 18.3. The summed E-state index contributed by atoms with van der Waals surface area (Å²) in [6, 6.07) is 3.24. The van der Waals surface area contributed by atoms with E-state index in [1.54, 1.807) is 6.07 Å². The highest BCUT2D eigenvalue weighted by Gasteiger charge is 2.39. The Balaban J connectivity index is 1.54. The summed E-state index contributed by atoms with van der Waals surface area (Å²) in [6.07, 6.45) is 20.2. The number of hydrogen-bond acceptors (Lipinski definition) is 2. The standard InChI is InChI=1S/C31H45F5N2/c1-2-3-4-5-6-7-8-9-10-11-12-13-14-15-16-17-18-19-20-25-23-24-37-30(38-25)26-21-22-27(32)28(29(26)33)31(34,35)36/h21-24H,2-20H2,1H3. The van der Waals surface area contributed by atoms with Crippen molar-refractivity contribution in [3.63, 3.8) is 0 Å². The molecule has 0 amide bonds. The minimum atomic E-state index is -5.13. The maximum Gasteiger partial charge on any atom is 0.422 e. The zero-order chi connectivity index (χ0) is 27.6. The lowest BCUT2D eigenvalue weighted by Crippen LogP contribution is -2.12. The molecular weight excluding hydrogens is 495 g/mol. The fourth-order valence-corrected chi connectivity index (χ4v) is 4.86. The minimum Gasteiger partial charge on any atom is -0.236 e. The Morgan fingerprint density at radius 1 is 0.632 bits per heavy atom. The Kier molecular flexibility index (Phi) is 15.5. The molecule has 0 spiro atoms. The van der Waals surface area contributed by atoms with Crippen molar-refractivity contribution in [2.75, 3.05) is 0 Å². The molecule has 1 aromatic carbocycles. The van der Waals surface area contributed by atoms with Crippen molar-refractivity contribution in [1.82, 2.24) is 9.97 Å². The van der Waals surface area contributed by atoms with Gasteiger partial charge in [0.05, 0.1) is 5.56 Å². The summed E-state index contributed by atoms with van der Waals surface area (Å²) in [4.78, 5) is 8.14. The lowest BCUT2D eigenvalue weighted by molar-refractivity contribution is -0.142. The van der Waals surface area contributed by atoms with Gasteiger partial charge < -0.3 is 0 Å². The van der Waals surface area contributed by atoms with Gasteiger partial charge in [-0.3, -0.25) is 0 Å². The van der Waals surface area contributed by atoms with Crippen molar-refractivity contribution in [1.29, 1.82) is 0 Å². The van der Waals surface area contributed by atoms with Crippen molar-refractivity contribution in [3.05, 3.63) is 47.3 Å². The van der Waals surface area contributed by atoms with Crippen LogP contribution in [0.4, 0.5) is 22.0 Å². The van der Waals surface area contributed by atoms with Crippen molar-refractivity contribution in [2.24, 2.45) is 0 Å². The Bertz CT molecular complexity index is 914. The Morgan fingerprint density at radius 3 is 1.58 bits per heavy atom. The van der Waals surface area contributed by atoms with E-state index in [0.717, 1.165) is 25.3 Å². The van der Waals surface area contributed by atoms with Gasteiger partial charge in [0.15, 0.2) is 5.82 Å². The van der Waals surface area contributed by atoms with Crippen LogP contribution in [0.15, 0.2) is 24.4 Å². The number of aryl methyl sites for hydroxylation is 1. The smallest absolute Gasteiger partial charge is 0.236 e. The summed E-state index contributed by atoms with van der Waals surface area (Å²) in [5.74, 6) is -3.48. The van der Waals surface area contributed by atoms with E-state index < -0.39 is 28.9 Å². The SMILES string of the molecule is CCCCCCCCCCCCCCCCCCCCc1ccnc(-c2ccc(F)c(C(F)(F)F)c2F)n1. The summed E-state index contributed by atoms with van der Waals surface area (Å²) in [5, 5.41) is 0. The lowest BCUT2D eigenvalue weighted by Gasteiger charge is -2.12. The van der Waals surface area contributed by atoms with E-state index in [0.29, 0.717) is 18.2 Å². The largest absolute Gasteiger partial charge is 0.422 e. The number of rotatable bonds is 20. The van der Waals surface area contributed by atoms with E-state index >= 15 is 0 Å². The molecule has 0 fully saturated rings. The average Bonchev–Trinajstić information content (AvgIpc) is 2.87. The highest BCUT2D eigenvalue weighted by molar-refractivity contribution is 5.58.